The summed E-state index contributed by atoms with van der Waals surface area (Å²) in [6, 6.07) is 4.81. The first kappa shape index (κ1) is 16.0. The Hall–Kier alpha value is -2.36. The second-order valence-corrected chi connectivity index (χ2v) is 5.67. The Kier molecular flexibility index (Phi) is 4.22. The molecular formula is C12H8F4N2O3S. The van der Waals surface area contributed by atoms with Crippen molar-refractivity contribution in [3.05, 3.63) is 48.5 Å². The first-order valence-electron chi connectivity index (χ1n) is 5.65. The third-order valence-corrected chi connectivity index (χ3v) is 3.73. The van der Waals surface area contributed by atoms with Crippen LogP contribution in [-0.4, -0.2) is 19.8 Å². The van der Waals surface area contributed by atoms with Crippen LogP contribution in [0.15, 0.2) is 47.6 Å². The average Bonchev–Trinajstić information content (AvgIpc) is 2.40. The van der Waals surface area contributed by atoms with Crippen molar-refractivity contribution in [2.45, 2.75) is 11.3 Å². The molecule has 0 spiro atoms. The smallest absolute Gasteiger partial charge is 0.406 e. The Bertz CT molecular complexity index is 778. The van der Waals surface area contributed by atoms with Crippen molar-refractivity contribution in [2.24, 2.45) is 0 Å². The number of rotatable bonds is 4. The second kappa shape index (κ2) is 5.79. The summed E-state index contributed by atoms with van der Waals surface area (Å²) in [7, 11) is -4.28. The third-order valence-electron chi connectivity index (χ3n) is 2.37. The predicted molar refractivity (Wildman–Crippen MR) is 68.1 cm³/mol. The van der Waals surface area contributed by atoms with Crippen LogP contribution in [0.25, 0.3) is 0 Å². The summed E-state index contributed by atoms with van der Waals surface area (Å²) in [5.74, 6) is -1.63. The van der Waals surface area contributed by atoms with Gasteiger partial charge in [0.2, 0.25) is 0 Å². The standard InChI is InChI=1S/C12H8F4N2O3S/c13-10-7-17-5-4-11(10)18-22(19,20)9-3-1-2-8(6-9)21-12(14,15)16/h1-7H,(H,17,18). The number of aromatic nitrogens is 1. The minimum absolute atomic E-state index is 0.378. The van der Waals surface area contributed by atoms with Gasteiger partial charge in [0.25, 0.3) is 10.0 Å². The van der Waals surface area contributed by atoms with Gasteiger partial charge in [-0.1, -0.05) is 6.07 Å². The molecule has 0 radical (unpaired) electrons. The van der Waals surface area contributed by atoms with Gasteiger partial charge < -0.3 is 4.74 Å². The van der Waals surface area contributed by atoms with Crippen LogP contribution in [-0.2, 0) is 10.0 Å². The molecular weight excluding hydrogens is 328 g/mol. The van der Waals surface area contributed by atoms with Crippen molar-refractivity contribution < 1.29 is 30.7 Å². The lowest BCUT2D eigenvalue weighted by atomic mass is 10.3. The van der Waals surface area contributed by atoms with Crippen LogP contribution in [0.1, 0.15) is 0 Å². The quantitative estimate of drug-likeness (QED) is 0.872. The molecule has 0 saturated heterocycles. The average molecular weight is 336 g/mol. The fourth-order valence-electron chi connectivity index (χ4n) is 1.50. The number of halogens is 4. The zero-order chi connectivity index (χ0) is 16.4. The summed E-state index contributed by atoms with van der Waals surface area (Å²) in [5.41, 5.74) is -0.378. The molecule has 0 aliphatic heterocycles. The van der Waals surface area contributed by atoms with Crippen LogP contribution >= 0.6 is 0 Å². The van der Waals surface area contributed by atoms with Crippen molar-refractivity contribution in [1.29, 1.82) is 0 Å². The van der Waals surface area contributed by atoms with Gasteiger partial charge in [-0.2, -0.15) is 0 Å². The van der Waals surface area contributed by atoms with Gasteiger partial charge in [0, 0.05) is 12.3 Å². The van der Waals surface area contributed by atoms with Gasteiger partial charge in [-0.05, 0) is 18.2 Å². The molecule has 2 aromatic rings. The molecule has 0 fully saturated rings. The number of nitrogens with one attached hydrogen (secondary N) is 1. The van der Waals surface area contributed by atoms with Gasteiger partial charge in [0.1, 0.15) is 5.75 Å². The minimum atomic E-state index is -4.95. The number of hydrogen-bond donors (Lipinski definition) is 1. The summed E-state index contributed by atoms with van der Waals surface area (Å²) >= 11 is 0. The zero-order valence-corrected chi connectivity index (χ0v) is 11.5. The van der Waals surface area contributed by atoms with Crippen molar-refractivity contribution in [1.82, 2.24) is 4.98 Å². The Morgan fingerprint density at radius 3 is 2.55 bits per heavy atom. The van der Waals surface area contributed by atoms with Gasteiger partial charge in [0.15, 0.2) is 5.82 Å². The van der Waals surface area contributed by atoms with Crippen molar-refractivity contribution in [2.75, 3.05) is 4.72 Å². The van der Waals surface area contributed by atoms with Crippen molar-refractivity contribution in [3.8, 4) is 5.75 Å². The normalized spacial score (nSPS) is 12.0. The van der Waals surface area contributed by atoms with E-state index in [1.807, 2.05) is 4.72 Å². The first-order valence-corrected chi connectivity index (χ1v) is 7.14. The molecule has 0 amide bonds. The molecule has 1 heterocycles. The van der Waals surface area contributed by atoms with E-state index in [1.54, 1.807) is 0 Å². The summed E-state index contributed by atoms with van der Waals surface area (Å²) < 4.78 is 79.4. The monoisotopic (exact) mass is 336 g/mol. The van der Waals surface area contributed by atoms with Crippen LogP contribution < -0.4 is 9.46 Å². The lowest BCUT2D eigenvalue weighted by Crippen LogP contribution is -2.18. The largest absolute Gasteiger partial charge is 0.573 e. The molecule has 0 saturated carbocycles. The second-order valence-electron chi connectivity index (χ2n) is 3.98. The number of alkyl halides is 3. The molecule has 0 bridgehead atoms. The fraction of sp³-hybridized carbons (Fsp3) is 0.0833. The van der Waals surface area contributed by atoms with E-state index in [0.717, 1.165) is 36.7 Å². The predicted octanol–water partition coefficient (Wildman–Crippen LogP) is 2.92. The molecule has 2 rings (SSSR count). The minimum Gasteiger partial charge on any atom is -0.406 e. The molecule has 22 heavy (non-hydrogen) atoms. The maximum absolute atomic E-state index is 13.4. The highest BCUT2D eigenvalue weighted by molar-refractivity contribution is 7.92. The number of anilines is 1. The number of hydrogen-bond acceptors (Lipinski definition) is 4. The topological polar surface area (TPSA) is 68.3 Å². The van der Waals surface area contributed by atoms with Crippen molar-refractivity contribution >= 4 is 15.7 Å². The van der Waals surface area contributed by atoms with Gasteiger partial charge in [-0.25, -0.2) is 12.8 Å². The Labute approximate surface area is 122 Å². The Morgan fingerprint density at radius 2 is 1.91 bits per heavy atom. The highest BCUT2D eigenvalue weighted by atomic mass is 32.2. The number of nitrogens with zero attached hydrogens (tertiary/aromatic N) is 1. The Balaban J connectivity index is 2.30. The van der Waals surface area contributed by atoms with Crippen LogP contribution in [0, 0.1) is 5.82 Å². The number of benzene rings is 1. The van der Waals surface area contributed by atoms with E-state index in [4.69, 9.17) is 0 Å². The fourth-order valence-corrected chi connectivity index (χ4v) is 2.60. The van der Waals surface area contributed by atoms with E-state index >= 15 is 0 Å². The van der Waals surface area contributed by atoms with E-state index in [-0.39, 0.29) is 5.69 Å². The van der Waals surface area contributed by atoms with Gasteiger partial charge >= 0.3 is 6.36 Å². The molecule has 1 N–H and O–H groups in total. The van der Waals surface area contributed by atoms with Crippen LogP contribution in [0.5, 0.6) is 5.75 Å². The van der Waals surface area contributed by atoms with Crippen LogP contribution in [0.2, 0.25) is 0 Å². The first-order chi connectivity index (χ1) is 10.2. The number of pyridine rings is 1. The molecule has 5 nitrogen and oxygen atoms in total. The zero-order valence-electron chi connectivity index (χ0n) is 10.6. The summed E-state index contributed by atoms with van der Waals surface area (Å²) in [6.45, 7) is 0. The maximum Gasteiger partial charge on any atom is 0.573 e. The van der Waals surface area contributed by atoms with Crippen LogP contribution in [0.3, 0.4) is 0 Å². The van der Waals surface area contributed by atoms with Crippen LogP contribution in [0.4, 0.5) is 23.2 Å². The molecule has 0 aliphatic carbocycles. The molecule has 0 unspecified atom stereocenters. The molecule has 1 aromatic carbocycles. The molecule has 10 heteroatoms. The van der Waals surface area contributed by atoms with E-state index in [1.165, 1.54) is 0 Å². The van der Waals surface area contributed by atoms with Gasteiger partial charge in [0.05, 0.1) is 16.8 Å². The van der Waals surface area contributed by atoms with Gasteiger partial charge in [-0.15, -0.1) is 13.2 Å². The van der Waals surface area contributed by atoms with E-state index < -0.39 is 32.8 Å². The summed E-state index contributed by atoms with van der Waals surface area (Å²) in [5, 5.41) is 0. The SMILES string of the molecule is O=S(=O)(Nc1ccncc1F)c1cccc(OC(F)(F)F)c1. The Morgan fingerprint density at radius 1 is 1.18 bits per heavy atom. The van der Waals surface area contributed by atoms with Crippen molar-refractivity contribution in [3.63, 3.8) is 0 Å². The van der Waals surface area contributed by atoms with E-state index in [0.29, 0.717) is 6.07 Å². The van der Waals surface area contributed by atoms with E-state index in [2.05, 4.69) is 9.72 Å². The summed E-state index contributed by atoms with van der Waals surface area (Å²) in [6.07, 6.45) is -3.00. The molecule has 0 atom stereocenters. The van der Waals surface area contributed by atoms with E-state index in [9.17, 15) is 26.0 Å². The highest BCUT2D eigenvalue weighted by Crippen LogP contribution is 2.26. The summed E-state index contributed by atoms with van der Waals surface area (Å²) in [4.78, 5) is 2.94. The number of ether oxygens (including phenoxy) is 1. The van der Waals surface area contributed by atoms with Gasteiger partial charge in [-0.3, -0.25) is 9.71 Å². The maximum atomic E-state index is 13.4. The molecule has 118 valence electrons. The third kappa shape index (κ3) is 4.07. The lowest BCUT2D eigenvalue weighted by Gasteiger charge is -2.11. The lowest BCUT2D eigenvalue weighted by molar-refractivity contribution is -0.274. The highest BCUT2D eigenvalue weighted by Gasteiger charge is 2.31. The molecule has 1 aromatic heterocycles. The number of sulfonamides is 1. The molecule has 0 aliphatic rings.